The highest BCUT2D eigenvalue weighted by Crippen LogP contribution is 2.33. The minimum Gasteiger partial charge on any atom is -0.435 e. The van der Waals surface area contributed by atoms with Crippen molar-refractivity contribution in [2.45, 2.75) is 32.2 Å². The van der Waals surface area contributed by atoms with Crippen molar-refractivity contribution in [3.8, 4) is 11.6 Å². The van der Waals surface area contributed by atoms with Crippen molar-refractivity contribution in [3.05, 3.63) is 60.3 Å². The average Bonchev–Trinajstić information content (AvgIpc) is 3.17. The highest BCUT2D eigenvalue weighted by molar-refractivity contribution is 5.33. The average molecular weight is 350 g/mol. The van der Waals surface area contributed by atoms with Gasteiger partial charge in [0.25, 0.3) is 0 Å². The second-order valence-electron chi connectivity index (χ2n) is 6.55. The minimum atomic E-state index is 0.291. The zero-order valence-electron chi connectivity index (χ0n) is 14.8. The van der Waals surface area contributed by atoms with Gasteiger partial charge in [-0.3, -0.25) is 14.9 Å². The molecule has 1 aliphatic rings. The van der Waals surface area contributed by atoms with Crippen LogP contribution in [0.5, 0.6) is 11.6 Å². The van der Waals surface area contributed by atoms with E-state index in [9.17, 15) is 0 Å². The van der Waals surface area contributed by atoms with Crippen LogP contribution in [-0.4, -0.2) is 42.9 Å². The van der Waals surface area contributed by atoms with E-state index in [0.29, 0.717) is 11.8 Å². The molecule has 3 aromatic rings. The molecule has 26 heavy (non-hydrogen) atoms. The molecule has 7 nitrogen and oxygen atoms in total. The molecule has 134 valence electrons. The molecule has 0 saturated carbocycles. The predicted octanol–water partition coefficient (Wildman–Crippen LogP) is 3.08. The summed E-state index contributed by atoms with van der Waals surface area (Å²) in [6, 6.07) is 3.77. The summed E-state index contributed by atoms with van der Waals surface area (Å²) in [5.74, 6) is 2.58. The predicted molar refractivity (Wildman–Crippen MR) is 96.9 cm³/mol. The quantitative estimate of drug-likeness (QED) is 0.762. The standard InChI is InChI=1S/C19H22N6O/c1-14-16(5-2-6-20-14)26-19-18(23-9-10-24-19)15-4-3-11-25(12-15)13-17-21-7-8-22-17/h2,5-10,15H,3-4,11-13H2,1H3,(H,21,22)/t15-/m0/s1. The van der Waals surface area contributed by atoms with Crippen LogP contribution in [0.1, 0.15) is 36.0 Å². The van der Waals surface area contributed by atoms with E-state index in [1.807, 2.05) is 25.3 Å². The first-order chi connectivity index (χ1) is 12.8. The Labute approximate surface area is 152 Å². The van der Waals surface area contributed by atoms with E-state index in [1.165, 1.54) is 0 Å². The molecule has 0 amide bonds. The third-order valence-electron chi connectivity index (χ3n) is 4.68. The summed E-state index contributed by atoms with van der Waals surface area (Å²) in [6.07, 6.45) is 11.0. The lowest BCUT2D eigenvalue weighted by atomic mass is 9.94. The summed E-state index contributed by atoms with van der Waals surface area (Å²) in [6.45, 7) is 4.73. The fourth-order valence-electron chi connectivity index (χ4n) is 3.39. The van der Waals surface area contributed by atoms with E-state index in [4.69, 9.17) is 4.74 Å². The Kier molecular flexibility index (Phi) is 4.88. The maximum atomic E-state index is 6.06. The van der Waals surface area contributed by atoms with Gasteiger partial charge in [-0.1, -0.05) is 0 Å². The highest BCUT2D eigenvalue weighted by Gasteiger charge is 2.26. The van der Waals surface area contributed by atoms with E-state index in [-0.39, 0.29) is 0 Å². The molecule has 1 N–H and O–H groups in total. The molecule has 3 aromatic heterocycles. The van der Waals surface area contributed by atoms with Crippen LogP contribution in [0.25, 0.3) is 0 Å². The number of H-pyrrole nitrogens is 1. The number of aromatic nitrogens is 5. The van der Waals surface area contributed by atoms with E-state index in [1.54, 1.807) is 24.8 Å². The summed E-state index contributed by atoms with van der Waals surface area (Å²) < 4.78 is 6.06. The summed E-state index contributed by atoms with van der Waals surface area (Å²) in [5, 5.41) is 0. The van der Waals surface area contributed by atoms with Gasteiger partial charge in [-0.2, -0.15) is 0 Å². The van der Waals surface area contributed by atoms with Crippen LogP contribution in [-0.2, 0) is 6.54 Å². The maximum Gasteiger partial charge on any atom is 0.241 e. The lowest BCUT2D eigenvalue weighted by molar-refractivity contribution is 0.193. The number of rotatable bonds is 5. The zero-order chi connectivity index (χ0) is 17.8. The Morgan fingerprint density at radius 3 is 2.92 bits per heavy atom. The number of ether oxygens (including phenoxy) is 1. The van der Waals surface area contributed by atoms with Gasteiger partial charge in [0.1, 0.15) is 11.5 Å². The van der Waals surface area contributed by atoms with Gasteiger partial charge in [0.05, 0.1) is 12.2 Å². The van der Waals surface area contributed by atoms with Gasteiger partial charge < -0.3 is 9.72 Å². The fraction of sp³-hybridized carbons (Fsp3) is 0.368. The molecule has 0 unspecified atom stereocenters. The molecule has 0 bridgehead atoms. The number of aromatic amines is 1. The van der Waals surface area contributed by atoms with Gasteiger partial charge in [0.15, 0.2) is 5.75 Å². The Balaban J connectivity index is 1.53. The number of piperidine rings is 1. The molecule has 4 rings (SSSR count). The fourth-order valence-corrected chi connectivity index (χ4v) is 3.39. The molecule has 4 heterocycles. The van der Waals surface area contributed by atoms with Crippen LogP contribution in [0.2, 0.25) is 0 Å². The molecule has 0 spiro atoms. The van der Waals surface area contributed by atoms with E-state index in [2.05, 4.69) is 29.8 Å². The first-order valence-corrected chi connectivity index (χ1v) is 8.90. The molecular formula is C19H22N6O. The van der Waals surface area contributed by atoms with Gasteiger partial charge in [0.2, 0.25) is 5.88 Å². The topological polar surface area (TPSA) is 79.8 Å². The van der Waals surface area contributed by atoms with E-state index < -0.39 is 0 Å². The number of nitrogens with zero attached hydrogens (tertiary/aromatic N) is 5. The summed E-state index contributed by atoms with van der Waals surface area (Å²) >= 11 is 0. The first-order valence-electron chi connectivity index (χ1n) is 8.90. The van der Waals surface area contributed by atoms with E-state index in [0.717, 1.165) is 55.4 Å². The van der Waals surface area contributed by atoms with E-state index >= 15 is 0 Å². The van der Waals surface area contributed by atoms with Crippen LogP contribution < -0.4 is 4.74 Å². The van der Waals surface area contributed by atoms with Crippen LogP contribution in [0.15, 0.2) is 43.1 Å². The molecule has 0 aromatic carbocycles. The third-order valence-corrected chi connectivity index (χ3v) is 4.68. The number of likely N-dealkylation sites (tertiary alicyclic amines) is 1. The molecule has 7 heteroatoms. The Morgan fingerprint density at radius 1 is 1.15 bits per heavy atom. The Bertz CT molecular complexity index is 851. The molecule has 1 saturated heterocycles. The third kappa shape index (κ3) is 3.72. The molecule has 0 radical (unpaired) electrons. The van der Waals surface area contributed by atoms with Crippen LogP contribution >= 0.6 is 0 Å². The van der Waals surface area contributed by atoms with Crippen LogP contribution in [0.4, 0.5) is 0 Å². The summed E-state index contributed by atoms with van der Waals surface area (Å²) in [4.78, 5) is 23.2. The van der Waals surface area contributed by atoms with Crippen molar-refractivity contribution >= 4 is 0 Å². The second-order valence-corrected chi connectivity index (χ2v) is 6.55. The number of imidazole rings is 1. The van der Waals surface area contributed by atoms with Crippen LogP contribution in [0, 0.1) is 6.92 Å². The lowest BCUT2D eigenvalue weighted by Gasteiger charge is -2.32. The Hall–Kier alpha value is -2.80. The van der Waals surface area contributed by atoms with Crippen molar-refractivity contribution in [1.82, 2.24) is 29.8 Å². The molecule has 1 atom stereocenters. The van der Waals surface area contributed by atoms with Crippen LogP contribution in [0.3, 0.4) is 0 Å². The molecule has 1 fully saturated rings. The van der Waals surface area contributed by atoms with Gasteiger partial charge in [-0.05, 0) is 38.4 Å². The number of pyridine rings is 1. The van der Waals surface area contributed by atoms with Crippen molar-refractivity contribution in [2.24, 2.45) is 0 Å². The molecule has 1 aliphatic heterocycles. The molecular weight excluding hydrogens is 328 g/mol. The smallest absolute Gasteiger partial charge is 0.241 e. The number of aryl methyl sites for hydroxylation is 1. The van der Waals surface area contributed by atoms with Crippen molar-refractivity contribution in [1.29, 1.82) is 0 Å². The lowest BCUT2D eigenvalue weighted by Crippen LogP contribution is -2.34. The SMILES string of the molecule is Cc1ncccc1Oc1nccnc1[C@H]1CCCN(Cc2ncc[nH]2)C1. The monoisotopic (exact) mass is 350 g/mol. The minimum absolute atomic E-state index is 0.291. The van der Waals surface area contributed by atoms with Gasteiger partial charge in [0, 0.05) is 43.4 Å². The summed E-state index contributed by atoms with van der Waals surface area (Å²) in [5.41, 5.74) is 1.76. The van der Waals surface area contributed by atoms with Gasteiger partial charge in [-0.15, -0.1) is 0 Å². The van der Waals surface area contributed by atoms with Crippen molar-refractivity contribution < 1.29 is 4.74 Å². The van der Waals surface area contributed by atoms with Crippen molar-refractivity contribution in [3.63, 3.8) is 0 Å². The number of hydrogen-bond acceptors (Lipinski definition) is 6. The van der Waals surface area contributed by atoms with Gasteiger partial charge in [-0.25, -0.2) is 9.97 Å². The summed E-state index contributed by atoms with van der Waals surface area (Å²) in [7, 11) is 0. The second kappa shape index (κ2) is 7.61. The number of hydrogen-bond donors (Lipinski definition) is 1. The largest absolute Gasteiger partial charge is 0.435 e. The first kappa shape index (κ1) is 16.7. The maximum absolute atomic E-state index is 6.06. The normalized spacial score (nSPS) is 18.0. The number of nitrogens with one attached hydrogen (secondary N) is 1. The Morgan fingerprint density at radius 2 is 2.08 bits per heavy atom. The highest BCUT2D eigenvalue weighted by atomic mass is 16.5. The van der Waals surface area contributed by atoms with Gasteiger partial charge >= 0.3 is 0 Å². The zero-order valence-corrected chi connectivity index (χ0v) is 14.8. The molecule has 0 aliphatic carbocycles. The van der Waals surface area contributed by atoms with Crippen molar-refractivity contribution in [2.75, 3.05) is 13.1 Å².